The van der Waals surface area contributed by atoms with Gasteiger partial charge in [0.05, 0.1) is 13.1 Å². The minimum atomic E-state index is -1.36. The molecule has 0 bridgehead atoms. The van der Waals surface area contributed by atoms with Gasteiger partial charge in [-0.25, -0.2) is 9.59 Å². The maximum Gasteiger partial charge on any atom is 0.329 e. The van der Waals surface area contributed by atoms with E-state index >= 15 is 0 Å². The Balaban J connectivity index is 1.39. The molecular weight excluding hydrogens is 556 g/mol. The lowest BCUT2D eigenvalue weighted by atomic mass is 10.0. The van der Waals surface area contributed by atoms with E-state index in [9.17, 15) is 29.4 Å². The maximum atomic E-state index is 13.5. The van der Waals surface area contributed by atoms with Crippen LogP contribution in [0.2, 0.25) is 0 Å². The summed E-state index contributed by atoms with van der Waals surface area (Å²) in [5.41, 5.74) is -0.612. The van der Waals surface area contributed by atoms with E-state index in [1.807, 2.05) is 38.1 Å². The van der Waals surface area contributed by atoms with Crippen LogP contribution in [-0.2, 0) is 9.59 Å². The van der Waals surface area contributed by atoms with Crippen molar-refractivity contribution in [1.29, 1.82) is 0 Å². The van der Waals surface area contributed by atoms with Crippen LogP contribution in [-0.4, -0.2) is 110 Å². The number of carbonyl (C=O) groups is 4. The summed E-state index contributed by atoms with van der Waals surface area (Å²) in [5.74, 6) is -0.0191. The lowest BCUT2D eigenvalue weighted by Gasteiger charge is -2.36. The van der Waals surface area contributed by atoms with Crippen molar-refractivity contribution in [2.75, 3.05) is 33.0 Å². The van der Waals surface area contributed by atoms with Crippen molar-refractivity contribution in [3.63, 3.8) is 0 Å². The van der Waals surface area contributed by atoms with E-state index in [1.165, 1.54) is 9.80 Å². The molecule has 2 N–H and O–H groups in total. The minimum absolute atomic E-state index is 0.141. The number of rotatable bonds is 12. The second kappa shape index (κ2) is 12.2. The van der Waals surface area contributed by atoms with Crippen LogP contribution in [0.5, 0.6) is 11.5 Å². The largest absolute Gasteiger partial charge is 0.491 e. The van der Waals surface area contributed by atoms with Gasteiger partial charge >= 0.3 is 12.1 Å². The Morgan fingerprint density at radius 2 is 0.953 bits per heavy atom. The molecule has 2 aliphatic heterocycles. The van der Waals surface area contributed by atoms with Crippen molar-refractivity contribution in [1.82, 2.24) is 19.6 Å². The number of hydrogen-bond acceptors (Lipinski definition) is 8. The van der Waals surface area contributed by atoms with Crippen LogP contribution in [0.3, 0.4) is 0 Å². The molecule has 0 unspecified atom stereocenters. The van der Waals surface area contributed by atoms with Crippen molar-refractivity contribution in [3.8, 4) is 11.5 Å². The van der Waals surface area contributed by atoms with Gasteiger partial charge in [-0.3, -0.25) is 29.2 Å². The number of imide groups is 2. The van der Waals surface area contributed by atoms with Gasteiger partial charge in [0.2, 0.25) is 0 Å². The summed E-state index contributed by atoms with van der Waals surface area (Å²) < 4.78 is 11.2. The fraction of sp³-hybridized carbons (Fsp3) is 0.484. The van der Waals surface area contributed by atoms with Gasteiger partial charge < -0.3 is 19.7 Å². The topological polar surface area (TPSA) is 140 Å². The summed E-state index contributed by atoms with van der Waals surface area (Å²) in [6.45, 7) is 8.80. The van der Waals surface area contributed by atoms with Gasteiger partial charge in [-0.15, -0.1) is 0 Å². The number of ether oxygens (including phenoxy) is 2. The van der Waals surface area contributed by atoms with E-state index < -0.39 is 47.2 Å². The first-order valence-corrected chi connectivity index (χ1v) is 14.1. The molecule has 0 aliphatic carbocycles. The molecule has 2 aromatic rings. The van der Waals surface area contributed by atoms with E-state index in [2.05, 4.69) is 0 Å². The molecule has 0 radical (unpaired) electrons. The number of aliphatic hydroxyl groups is 2. The molecule has 0 spiro atoms. The summed E-state index contributed by atoms with van der Waals surface area (Å²) in [7, 11) is 0. The van der Waals surface area contributed by atoms with Crippen molar-refractivity contribution in [2.45, 2.75) is 64.8 Å². The number of nitrogens with zero attached hydrogens (tertiary/aromatic N) is 4. The minimum Gasteiger partial charge on any atom is -0.491 e. The average Bonchev–Trinajstić information content (AvgIpc) is 3.21. The van der Waals surface area contributed by atoms with Gasteiger partial charge in [-0.05, 0) is 65.8 Å². The monoisotopic (exact) mass is 596 g/mol. The number of β-amino-alcohol motifs (C(OH)–C–C–N with tert-alkyl or cyclic N) is 2. The first kappa shape index (κ1) is 31.8. The highest BCUT2D eigenvalue weighted by molar-refractivity contribution is 6.08. The summed E-state index contributed by atoms with van der Waals surface area (Å²) in [5, 5.41) is 21.1. The van der Waals surface area contributed by atoms with E-state index in [0.717, 1.165) is 20.9 Å². The zero-order valence-corrected chi connectivity index (χ0v) is 25.4. The van der Waals surface area contributed by atoms with Gasteiger partial charge in [0, 0.05) is 0 Å². The average molecular weight is 597 g/mol. The molecule has 2 atom stereocenters. The molecule has 0 saturated carbocycles. The fourth-order valence-electron chi connectivity index (χ4n) is 4.95. The van der Waals surface area contributed by atoms with Crippen LogP contribution in [0.25, 0.3) is 0 Å². The summed E-state index contributed by atoms with van der Waals surface area (Å²) in [6.07, 6.45) is -2.31. The van der Waals surface area contributed by atoms with Crippen LogP contribution in [0, 0.1) is 13.8 Å². The molecule has 2 aliphatic rings. The molecule has 2 heterocycles. The lowest BCUT2D eigenvalue weighted by Crippen LogP contribution is -2.55. The first-order chi connectivity index (χ1) is 20.1. The highest BCUT2D eigenvalue weighted by Gasteiger charge is 2.57. The van der Waals surface area contributed by atoms with Crippen LogP contribution < -0.4 is 9.47 Å². The number of benzene rings is 2. The maximum absolute atomic E-state index is 13.5. The van der Waals surface area contributed by atoms with E-state index in [4.69, 9.17) is 9.47 Å². The van der Waals surface area contributed by atoms with Crippen LogP contribution in [0.15, 0.2) is 48.5 Å². The molecular formula is C31H40N4O8. The van der Waals surface area contributed by atoms with Crippen LogP contribution in [0.4, 0.5) is 9.59 Å². The molecule has 4 rings (SSSR count). The third kappa shape index (κ3) is 6.60. The van der Waals surface area contributed by atoms with Crippen molar-refractivity contribution >= 4 is 23.9 Å². The molecule has 232 valence electrons. The third-order valence-electron chi connectivity index (χ3n) is 7.81. The Kier molecular flexibility index (Phi) is 9.02. The van der Waals surface area contributed by atoms with Crippen molar-refractivity contribution in [3.05, 3.63) is 59.7 Å². The fourth-order valence-corrected chi connectivity index (χ4v) is 4.95. The second-order valence-electron chi connectivity index (χ2n) is 12.1. The lowest BCUT2D eigenvalue weighted by molar-refractivity contribution is -0.134. The van der Waals surface area contributed by atoms with Gasteiger partial charge in [0.1, 0.15) is 54.7 Å². The zero-order chi connectivity index (χ0) is 31.7. The van der Waals surface area contributed by atoms with Crippen LogP contribution in [0.1, 0.15) is 38.8 Å². The zero-order valence-electron chi connectivity index (χ0n) is 25.4. The van der Waals surface area contributed by atoms with Crippen molar-refractivity contribution < 1.29 is 38.9 Å². The van der Waals surface area contributed by atoms with Gasteiger partial charge in [0.25, 0.3) is 11.8 Å². The predicted molar refractivity (Wildman–Crippen MR) is 156 cm³/mol. The van der Waals surface area contributed by atoms with E-state index in [-0.39, 0.29) is 33.0 Å². The number of aliphatic hydroxyl groups excluding tert-OH is 2. The normalized spacial score (nSPS) is 19.3. The number of hydrogen-bond donors (Lipinski definition) is 2. The number of urea groups is 2. The van der Waals surface area contributed by atoms with Crippen LogP contribution >= 0.6 is 0 Å². The van der Waals surface area contributed by atoms with E-state index in [1.54, 1.807) is 52.0 Å². The van der Waals surface area contributed by atoms with E-state index in [0.29, 0.717) is 11.5 Å². The molecule has 6 amide bonds. The molecule has 2 fully saturated rings. The SMILES string of the molecule is Cc1ccc(OC[C@@H](O)CN2C(=O)N(CN3C(=O)N(C[C@H](O)COc4ccc(C)cc4)C(=O)C3(C)C)C(C)(C)C2=O)cc1. The highest BCUT2D eigenvalue weighted by atomic mass is 16.5. The van der Waals surface area contributed by atoms with Gasteiger partial charge in [0.15, 0.2) is 0 Å². The smallest absolute Gasteiger partial charge is 0.329 e. The summed E-state index contributed by atoms with van der Waals surface area (Å²) >= 11 is 0. The number of amides is 6. The van der Waals surface area contributed by atoms with Crippen molar-refractivity contribution in [2.24, 2.45) is 0 Å². The molecule has 12 nitrogen and oxygen atoms in total. The molecule has 43 heavy (non-hydrogen) atoms. The quantitative estimate of drug-likeness (QED) is 0.357. The molecule has 2 aromatic carbocycles. The highest BCUT2D eigenvalue weighted by Crippen LogP contribution is 2.33. The molecule has 0 aromatic heterocycles. The Morgan fingerprint density at radius 1 is 0.628 bits per heavy atom. The molecule has 2 saturated heterocycles. The number of carbonyl (C=O) groups excluding carboxylic acids is 4. The number of aryl methyl sites for hydroxylation is 2. The Hall–Kier alpha value is -4.16. The Morgan fingerprint density at radius 3 is 1.28 bits per heavy atom. The predicted octanol–water partition coefficient (Wildman–Crippen LogP) is 2.53. The Bertz CT molecular complexity index is 1260. The Labute approximate surface area is 251 Å². The first-order valence-electron chi connectivity index (χ1n) is 14.1. The standard InChI is InChI=1S/C31H40N4O8/c1-20-7-11-24(12-8-20)42-17-22(36)15-32-26(38)30(3,4)34(28(32)40)19-35-29(41)33(27(39)31(35,5)6)16-23(37)18-43-25-13-9-21(2)10-14-25/h7-14,22-23,36-37H,15-19H2,1-6H3/t22-,23-/m0/s1. The molecule has 12 heteroatoms. The van der Waals surface area contributed by atoms with Gasteiger partial charge in [-0.1, -0.05) is 35.4 Å². The second-order valence-corrected chi connectivity index (χ2v) is 12.1. The van der Waals surface area contributed by atoms with Gasteiger partial charge in [-0.2, -0.15) is 0 Å². The summed E-state index contributed by atoms with van der Waals surface area (Å²) in [6, 6.07) is 13.1. The third-order valence-corrected chi connectivity index (χ3v) is 7.81. The summed E-state index contributed by atoms with van der Waals surface area (Å²) in [4.78, 5) is 57.7.